The fraction of sp³-hybridized carbons (Fsp3) is 0.250. The molecule has 1 heterocycles. The van der Waals surface area contributed by atoms with E-state index in [1.54, 1.807) is 30.6 Å². The molecule has 0 saturated carbocycles. The Labute approximate surface area is 124 Å². The number of para-hydroxylation sites is 1. The Morgan fingerprint density at radius 3 is 2.89 bits per heavy atom. The van der Waals surface area contributed by atoms with E-state index in [1.165, 1.54) is 4.68 Å². The first kappa shape index (κ1) is 13.8. The zero-order valence-corrected chi connectivity index (χ0v) is 12.5. The molecule has 19 heavy (non-hydrogen) atoms. The summed E-state index contributed by atoms with van der Waals surface area (Å²) in [4.78, 5) is 10.9. The maximum Gasteiger partial charge on any atom is 0.317 e. The molecule has 6 nitrogen and oxygen atoms in total. The zero-order chi connectivity index (χ0) is 13.8. The highest BCUT2D eigenvalue weighted by molar-refractivity contribution is 14.1. The number of hydrogen-bond acceptors (Lipinski definition) is 4. The van der Waals surface area contributed by atoms with Crippen LogP contribution in [0.4, 0.5) is 11.4 Å². The van der Waals surface area contributed by atoms with Gasteiger partial charge in [-0.1, -0.05) is 13.0 Å². The zero-order valence-electron chi connectivity index (χ0n) is 10.3. The highest BCUT2D eigenvalue weighted by atomic mass is 127. The van der Waals surface area contributed by atoms with Crippen LogP contribution in [0.5, 0.6) is 0 Å². The van der Waals surface area contributed by atoms with Crippen molar-refractivity contribution in [3.8, 4) is 5.69 Å². The van der Waals surface area contributed by atoms with Crippen LogP contribution in [0.25, 0.3) is 5.69 Å². The maximum atomic E-state index is 11.3. The Bertz CT molecular complexity index is 597. The lowest BCUT2D eigenvalue weighted by Crippen LogP contribution is -2.07. The number of anilines is 1. The van der Waals surface area contributed by atoms with E-state index in [-0.39, 0.29) is 10.6 Å². The van der Waals surface area contributed by atoms with Gasteiger partial charge in [0.1, 0.15) is 11.4 Å². The van der Waals surface area contributed by atoms with Crippen LogP contribution in [-0.2, 0) is 0 Å². The van der Waals surface area contributed by atoms with Gasteiger partial charge in [0, 0.05) is 12.7 Å². The molecular weight excluding hydrogens is 359 g/mol. The van der Waals surface area contributed by atoms with Gasteiger partial charge >= 0.3 is 5.69 Å². The van der Waals surface area contributed by atoms with E-state index in [0.717, 1.165) is 9.99 Å². The number of halogens is 1. The van der Waals surface area contributed by atoms with E-state index in [9.17, 15) is 10.1 Å². The van der Waals surface area contributed by atoms with Crippen molar-refractivity contribution in [2.24, 2.45) is 0 Å². The molecule has 1 aromatic carbocycles. The lowest BCUT2D eigenvalue weighted by molar-refractivity contribution is -0.383. The van der Waals surface area contributed by atoms with Gasteiger partial charge in [0.15, 0.2) is 0 Å². The molecule has 0 spiro atoms. The molecule has 100 valence electrons. The third-order valence-corrected chi connectivity index (χ3v) is 3.12. The number of nitro benzene ring substituents is 1. The van der Waals surface area contributed by atoms with Crippen molar-refractivity contribution in [1.29, 1.82) is 0 Å². The number of rotatable bonds is 5. The van der Waals surface area contributed by atoms with Gasteiger partial charge in [-0.15, -0.1) is 0 Å². The van der Waals surface area contributed by atoms with E-state index in [4.69, 9.17) is 0 Å². The first-order valence-corrected chi connectivity index (χ1v) is 6.93. The summed E-state index contributed by atoms with van der Waals surface area (Å²) in [6.45, 7) is 2.71. The molecule has 0 unspecified atom stereocenters. The van der Waals surface area contributed by atoms with Crippen molar-refractivity contribution < 1.29 is 4.92 Å². The number of nitrogens with zero attached hydrogens (tertiary/aromatic N) is 3. The third-order valence-electron chi connectivity index (χ3n) is 2.56. The second-order valence-corrected chi connectivity index (χ2v) is 5.21. The van der Waals surface area contributed by atoms with Crippen LogP contribution < -0.4 is 5.32 Å². The normalized spacial score (nSPS) is 10.4. The van der Waals surface area contributed by atoms with E-state index in [0.29, 0.717) is 17.9 Å². The van der Waals surface area contributed by atoms with Crippen molar-refractivity contribution in [3.05, 3.63) is 44.3 Å². The van der Waals surface area contributed by atoms with Crippen molar-refractivity contribution in [1.82, 2.24) is 9.78 Å². The minimum absolute atomic E-state index is 0.0513. The van der Waals surface area contributed by atoms with Crippen LogP contribution in [0, 0.1) is 13.7 Å². The minimum atomic E-state index is -0.373. The largest absolute Gasteiger partial charge is 0.379 e. The molecule has 7 heteroatoms. The van der Waals surface area contributed by atoms with E-state index < -0.39 is 0 Å². The lowest BCUT2D eigenvalue weighted by atomic mass is 10.2. The Kier molecular flexibility index (Phi) is 4.35. The van der Waals surface area contributed by atoms with Crippen LogP contribution >= 0.6 is 22.6 Å². The SMILES string of the molecule is CCCNc1cccc(-n2cc(I)cn2)c1[N+](=O)[O-]. The molecule has 0 atom stereocenters. The summed E-state index contributed by atoms with van der Waals surface area (Å²) in [6, 6.07) is 5.19. The van der Waals surface area contributed by atoms with Crippen molar-refractivity contribution in [2.75, 3.05) is 11.9 Å². The molecule has 0 aliphatic heterocycles. The maximum absolute atomic E-state index is 11.3. The van der Waals surface area contributed by atoms with Crippen molar-refractivity contribution in [3.63, 3.8) is 0 Å². The molecule has 1 N–H and O–H groups in total. The van der Waals surface area contributed by atoms with Gasteiger partial charge in [-0.05, 0) is 41.1 Å². The highest BCUT2D eigenvalue weighted by Gasteiger charge is 2.21. The van der Waals surface area contributed by atoms with Gasteiger partial charge in [-0.25, -0.2) is 4.68 Å². The topological polar surface area (TPSA) is 73.0 Å². The molecule has 2 aromatic rings. The molecule has 0 aliphatic rings. The predicted molar refractivity (Wildman–Crippen MR) is 81.7 cm³/mol. The lowest BCUT2D eigenvalue weighted by Gasteiger charge is -2.09. The van der Waals surface area contributed by atoms with Crippen LogP contribution in [0.1, 0.15) is 13.3 Å². The second kappa shape index (κ2) is 6.00. The van der Waals surface area contributed by atoms with Crippen LogP contribution in [0.2, 0.25) is 0 Å². The minimum Gasteiger partial charge on any atom is -0.379 e. The molecule has 0 radical (unpaired) electrons. The molecule has 2 rings (SSSR count). The van der Waals surface area contributed by atoms with Gasteiger partial charge in [0.05, 0.1) is 14.7 Å². The van der Waals surface area contributed by atoms with E-state index in [2.05, 4.69) is 33.0 Å². The molecule has 0 fully saturated rings. The smallest absolute Gasteiger partial charge is 0.317 e. The highest BCUT2D eigenvalue weighted by Crippen LogP contribution is 2.31. The summed E-state index contributed by atoms with van der Waals surface area (Å²) in [5, 5.41) is 18.5. The molecule has 1 aromatic heterocycles. The van der Waals surface area contributed by atoms with E-state index in [1.807, 2.05) is 6.92 Å². The van der Waals surface area contributed by atoms with Gasteiger partial charge in [0.2, 0.25) is 0 Å². The van der Waals surface area contributed by atoms with Crippen LogP contribution in [0.3, 0.4) is 0 Å². The van der Waals surface area contributed by atoms with Crippen molar-refractivity contribution >= 4 is 34.0 Å². The second-order valence-electron chi connectivity index (χ2n) is 3.96. The van der Waals surface area contributed by atoms with Gasteiger partial charge in [0.25, 0.3) is 0 Å². The van der Waals surface area contributed by atoms with Crippen LogP contribution in [-0.4, -0.2) is 21.2 Å². The van der Waals surface area contributed by atoms with Gasteiger partial charge in [-0.3, -0.25) is 10.1 Å². The molecule has 0 amide bonds. The summed E-state index contributed by atoms with van der Waals surface area (Å²) in [5.74, 6) is 0. The number of hydrogen-bond donors (Lipinski definition) is 1. The number of benzene rings is 1. The first-order valence-electron chi connectivity index (χ1n) is 5.85. The Morgan fingerprint density at radius 2 is 2.32 bits per heavy atom. The van der Waals surface area contributed by atoms with Gasteiger partial charge in [-0.2, -0.15) is 5.10 Å². The number of aromatic nitrogens is 2. The average molecular weight is 372 g/mol. The number of nitrogens with one attached hydrogen (secondary N) is 1. The number of nitro groups is 1. The third kappa shape index (κ3) is 3.03. The monoisotopic (exact) mass is 372 g/mol. The Hall–Kier alpha value is -1.64. The predicted octanol–water partition coefficient (Wildman–Crippen LogP) is 3.21. The van der Waals surface area contributed by atoms with Crippen LogP contribution in [0.15, 0.2) is 30.6 Å². The summed E-state index contributed by atoms with van der Waals surface area (Å²) >= 11 is 2.12. The average Bonchev–Trinajstić information content (AvgIpc) is 2.82. The molecule has 0 aliphatic carbocycles. The molecule has 0 bridgehead atoms. The molecule has 0 saturated heterocycles. The standard InChI is InChI=1S/C12H13IN4O2/c1-2-6-14-10-4-3-5-11(12(10)17(18)19)16-8-9(13)7-15-16/h3-5,7-8,14H,2,6H2,1H3. The summed E-state index contributed by atoms with van der Waals surface area (Å²) in [7, 11) is 0. The van der Waals surface area contributed by atoms with Crippen molar-refractivity contribution in [2.45, 2.75) is 13.3 Å². The Balaban J connectivity index is 2.51. The summed E-state index contributed by atoms with van der Waals surface area (Å²) in [6.07, 6.45) is 4.32. The van der Waals surface area contributed by atoms with Gasteiger partial charge < -0.3 is 5.32 Å². The summed E-state index contributed by atoms with van der Waals surface area (Å²) < 4.78 is 2.45. The Morgan fingerprint density at radius 1 is 1.53 bits per heavy atom. The quantitative estimate of drug-likeness (QED) is 0.497. The van der Waals surface area contributed by atoms with E-state index >= 15 is 0 Å². The fourth-order valence-corrected chi connectivity index (χ4v) is 2.13. The summed E-state index contributed by atoms with van der Waals surface area (Å²) in [5.41, 5.74) is 1.04. The molecular formula is C12H13IN4O2. The fourth-order valence-electron chi connectivity index (χ4n) is 1.74. The first-order chi connectivity index (χ1) is 9.13.